The van der Waals surface area contributed by atoms with Crippen LogP contribution < -0.4 is 0 Å². The van der Waals surface area contributed by atoms with Crippen molar-refractivity contribution in [1.29, 1.82) is 0 Å². The molecule has 0 radical (unpaired) electrons. The SMILES string of the molecule is O=C(O)c1ccc(-c2ccc(C(=O)O)cc2CC(F)(F)F)c(CC(F)(F)F)c1. The van der Waals surface area contributed by atoms with Gasteiger partial charge in [-0.25, -0.2) is 9.59 Å². The van der Waals surface area contributed by atoms with E-state index < -0.39 is 59.4 Å². The van der Waals surface area contributed by atoms with E-state index in [9.17, 15) is 35.9 Å². The van der Waals surface area contributed by atoms with Crippen LogP contribution in [-0.2, 0) is 12.8 Å². The third-order valence-corrected chi connectivity index (χ3v) is 3.78. The van der Waals surface area contributed by atoms with Gasteiger partial charge in [-0.3, -0.25) is 0 Å². The molecule has 0 aliphatic heterocycles. The third kappa shape index (κ3) is 5.48. The Morgan fingerprint density at radius 3 is 1.25 bits per heavy atom. The Kier molecular flexibility index (Phi) is 5.72. The van der Waals surface area contributed by atoms with Crippen molar-refractivity contribution in [3.8, 4) is 11.1 Å². The van der Waals surface area contributed by atoms with Crippen molar-refractivity contribution in [3.63, 3.8) is 0 Å². The van der Waals surface area contributed by atoms with Gasteiger partial charge in [0.2, 0.25) is 0 Å². The van der Waals surface area contributed by atoms with E-state index in [2.05, 4.69) is 0 Å². The van der Waals surface area contributed by atoms with Crippen molar-refractivity contribution in [1.82, 2.24) is 0 Å². The van der Waals surface area contributed by atoms with E-state index in [4.69, 9.17) is 10.2 Å². The summed E-state index contributed by atoms with van der Waals surface area (Å²) in [4.78, 5) is 22.1. The summed E-state index contributed by atoms with van der Waals surface area (Å²) in [6.07, 6.45) is -12.6. The lowest BCUT2D eigenvalue weighted by Crippen LogP contribution is -2.15. The molecule has 0 atom stereocenters. The van der Waals surface area contributed by atoms with Crippen LogP contribution in [0.3, 0.4) is 0 Å². The van der Waals surface area contributed by atoms with E-state index in [1.807, 2.05) is 0 Å². The molecule has 2 rings (SSSR count). The highest BCUT2D eigenvalue weighted by Crippen LogP contribution is 2.35. The average Bonchev–Trinajstić information content (AvgIpc) is 2.52. The minimum atomic E-state index is -4.74. The van der Waals surface area contributed by atoms with Crippen LogP contribution in [0.4, 0.5) is 26.3 Å². The Bertz CT molecular complexity index is 840. The molecule has 4 nitrogen and oxygen atoms in total. The Hall–Kier alpha value is -3.04. The van der Waals surface area contributed by atoms with Gasteiger partial charge in [-0.2, -0.15) is 26.3 Å². The third-order valence-electron chi connectivity index (χ3n) is 3.78. The smallest absolute Gasteiger partial charge is 0.393 e. The van der Waals surface area contributed by atoms with Gasteiger partial charge in [-0.1, -0.05) is 12.1 Å². The van der Waals surface area contributed by atoms with Crippen LogP contribution in [-0.4, -0.2) is 34.5 Å². The summed E-state index contributed by atoms with van der Waals surface area (Å²) in [5.41, 5.74) is -2.47. The first-order valence-electron chi connectivity index (χ1n) is 7.63. The highest BCUT2D eigenvalue weighted by Gasteiger charge is 2.32. The molecule has 2 N–H and O–H groups in total. The molecule has 28 heavy (non-hydrogen) atoms. The normalized spacial score (nSPS) is 12.1. The molecule has 0 unspecified atom stereocenters. The highest BCUT2D eigenvalue weighted by atomic mass is 19.4. The first-order chi connectivity index (χ1) is 12.8. The maximum atomic E-state index is 12.9. The standard InChI is InChI=1S/C18H12F6O4/c19-17(20,21)7-11-5-9(15(25)26)1-3-13(11)14-4-2-10(16(27)28)6-12(14)8-18(22,23)24/h1-6H,7-8H2,(H,25,26)(H,27,28). The van der Waals surface area contributed by atoms with E-state index in [0.29, 0.717) is 0 Å². The van der Waals surface area contributed by atoms with Gasteiger partial charge in [-0.15, -0.1) is 0 Å². The zero-order valence-corrected chi connectivity index (χ0v) is 13.9. The summed E-state index contributed by atoms with van der Waals surface area (Å²) >= 11 is 0. The predicted octanol–water partition coefficient (Wildman–Crippen LogP) is 4.96. The van der Waals surface area contributed by atoms with Crippen molar-refractivity contribution in [3.05, 3.63) is 58.7 Å². The van der Waals surface area contributed by atoms with E-state index >= 15 is 0 Å². The molecule has 2 aromatic rings. The first-order valence-corrected chi connectivity index (χ1v) is 7.63. The summed E-state index contributed by atoms with van der Waals surface area (Å²) in [6.45, 7) is 0. The number of hydrogen-bond donors (Lipinski definition) is 2. The predicted molar refractivity (Wildman–Crippen MR) is 85.3 cm³/mol. The molecule has 0 aliphatic carbocycles. The van der Waals surface area contributed by atoms with Crippen molar-refractivity contribution < 1.29 is 46.1 Å². The number of carboxylic acid groups (broad SMARTS) is 2. The van der Waals surface area contributed by atoms with Gasteiger partial charge in [0.25, 0.3) is 0 Å². The minimum Gasteiger partial charge on any atom is -0.478 e. The van der Waals surface area contributed by atoms with Gasteiger partial charge < -0.3 is 10.2 Å². The molecule has 0 aliphatic rings. The maximum absolute atomic E-state index is 12.9. The molecular weight excluding hydrogens is 394 g/mol. The van der Waals surface area contributed by atoms with Crippen LogP contribution in [0.5, 0.6) is 0 Å². The van der Waals surface area contributed by atoms with Gasteiger partial charge in [0.1, 0.15) is 0 Å². The Morgan fingerprint density at radius 2 is 1.00 bits per heavy atom. The number of hydrogen-bond acceptors (Lipinski definition) is 2. The Balaban J connectivity index is 2.71. The molecule has 150 valence electrons. The average molecular weight is 406 g/mol. The molecule has 0 saturated carbocycles. The van der Waals surface area contributed by atoms with Gasteiger partial charge in [-0.05, 0) is 46.5 Å². The summed E-state index contributed by atoms with van der Waals surface area (Å²) in [7, 11) is 0. The van der Waals surface area contributed by atoms with Crippen molar-refractivity contribution in [2.24, 2.45) is 0 Å². The zero-order valence-electron chi connectivity index (χ0n) is 13.9. The molecule has 0 fully saturated rings. The van der Waals surface area contributed by atoms with Crippen molar-refractivity contribution in [2.45, 2.75) is 25.2 Å². The number of carboxylic acids is 2. The van der Waals surface area contributed by atoms with Crippen LogP contribution in [0.25, 0.3) is 11.1 Å². The first kappa shape index (κ1) is 21.3. The number of carbonyl (C=O) groups is 2. The van der Waals surface area contributed by atoms with Crippen molar-refractivity contribution >= 4 is 11.9 Å². The summed E-state index contributed by atoms with van der Waals surface area (Å²) in [5, 5.41) is 18.0. The second kappa shape index (κ2) is 7.53. The lowest BCUT2D eigenvalue weighted by molar-refractivity contribution is -0.128. The molecule has 0 saturated heterocycles. The van der Waals surface area contributed by atoms with Gasteiger partial charge in [0.15, 0.2) is 0 Å². The van der Waals surface area contributed by atoms with Crippen LogP contribution in [0.2, 0.25) is 0 Å². The number of halogens is 6. The number of aromatic carboxylic acids is 2. The molecule has 0 bridgehead atoms. The van der Waals surface area contributed by atoms with Crippen LogP contribution >= 0.6 is 0 Å². The monoisotopic (exact) mass is 406 g/mol. The number of alkyl halides is 6. The van der Waals surface area contributed by atoms with Crippen molar-refractivity contribution in [2.75, 3.05) is 0 Å². The highest BCUT2D eigenvalue weighted by molar-refractivity contribution is 5.91. The fraction of sp³-hybridized carbons (Fsp3) is 0.222. The summed E-state index contributed by atoms with van der Waals surface area (Å²) in [5.74, 6) is -2.99. The molecule has 0 heterocycles. The second-order valence-electron chi connectivity index (χ2n) is 5.94. The van der Waals surface area contributed by atoms with Crippen LogP contribution in [0, 0.1) is 0 Å². The summed E-state index contributed by atoms with van der Waals surface area (Å²) < 4.78 is 77.4. The molecular formula is C18H12F6O4. The molecule has 0 amide bonds. The fourth-order valence-corrected chi connectivity index (χ4v) is 2.70. The molecule has 0 aromatic heterocycles. The quantitative estimate of drug-likeness (QED) is 0.689. The Labute approximate surface area is 154 Å². The van der Waals surface area contributed by atoms with Gasteiger partial charge in [0.05, 0.1) is 24.0 Å². The number of rotatable bonds is 5. The lowest BCUT2D eigenvalue weighted by Gasteiger charge is -2.17. The zero-order chi connectivity index (χ0) is 21.3. The van der Waals surface area contributed by atoms with Gasteiger partial charge in [0, 0.05) is 0 Å². The topological polar surface area (TPSA) is 74.6 Å². The molecule has 0 spiro atoms. The van der Waals surface area contributed by atoms with E-state index in [1.54, 1.807) is 0 Å². The van der Waals surface area contributed by atoms with Crippen LogP contribution in [0.15, 0.2) is 36.4 Å². The Morgan fingerprint density at radius 1 is 0.679 bits per heavy atom. The maximum Gasteiger partial charge on any atom is 0.393 e. The summed E-state index contributed by atoms with van der Waals surface area (Å²) in [6, 6.07) is 5.40. The van der Waals surface area contributed by atoms with E-state index in [0.717, 1.165) is 36.4 Å². The minimum absolute atomic E-state index is 0.251. The number of benzene rings is 2. The van der Waals surface area contributed by atoms with Gasteiger partial charge >= 0.3 is 24.3 Å². The van der Waals surface area contributed by atoms with Crippen LogP contribution in [0.1, 0.15) is 31.8 Å². The lowest BCUT2D eigenvalue weighted by atomic mass is 9.90. The second-order valence-corrected chi connectivity index (χ2v) is 5.94. The molecule has 10 heteroatoms. The molecule has 2 aromatic carbocycles. The fourth-order valence-electron chi connectivity index (χ4n) is 2.70. The van der Waals surface area contributed by atoms with E-state index in [1.165, 1.54) is 0 Å². The van der Waals surface area contributed by atoms with E-state index in [-0.39, 0.29) is 11.1 Å². The largest absolute Gasteiger partial charge is 0.478 e.